The molecule has 0 aromatic rings. The van der Waals surface area contributed by atoms with Crippen molar-refractivity contribution in [2.45, 2.75) is 174 Å². The van der Waals surface area contributed by atoms with Gasteiger partial charge in [-0.3, -0.25) is 9.80 Å². The lowest BCUT2D eigenvalue weighted by atomic mass is 10.0. The number of rotatable bonds is 29. The lowest BCUT2D eigenvalue weighted by Gasteiger charge is -2.49. The summed E-state index contributed by atoms with van der Waals surface area (Å²) in [5.74, 6) is 0. The fraction of sp³-hybridized carbons (Fsp3) is 1.00. The van der Waals surface area contributed by atoms with Crippen LogP contribution in [-0.2, 0) is 9.47 Å². The second-order valence-corrected chi connectivity index (χ2v) is 13.1. The number of unbranched alkanes of at least 4 members (excludes halogenated alkanes) is 14. The Kier molecular flexibility index (Phi) is 28.9. The predicted octanol–water partition coefficient (Wildman–Crippen LogP) is 8.45. The molecule has 1 saturated heterocycles. The molecule has 0 bridgehead atoms. The molecule has 0 aromatic carbocycles. The topological polar surface area (TPSA) is 77.0 Å². The van der Waals surface area contributed by atoms with Gasteiger partial charge in [-0.2, -0.15) is 0 Å². The zero-order valence-electron chi connectivity index (χ0n) is 28.7. The summed E-state index contributed by atoms with van der Waals surface area (Å²) in [5.41, 5.74) is 12.6. The van der Waals surface area contributed by atoms with Gasteiger partial charge >= 0.3 is 0 Å². The third kappa shape index (κ3) is 21.9. The Balaban J connectivity index is 0.0000168. The first-order chi connectivity index (χ1) is 19.9. The van der Waals surface area contributed by atoms with E-state index in [9.17, 15) is 0 Å². The SMILES string of the molecule is Br.CCCCCCCCCCC(C)OCCN1CCN(CCCN)CC1(N)CCOC(C)CCCCCCCCCC. The number of ether oxygens (including phenoxy) is 2. The average molecular weight is 664 g/mol. The van der Waals surface area contributed by atoms with Crippen LogP contribution in [0.25, 0.3) is 0 Å². The summed E-state index contributed by atoms with van der Waals surface area (Å²) in [6.07, 6.45) is 26.7. The van der Waals surface area contributed by atoms with Gasteiger partial charge in [0, 0.05) is 32.6 Å². The van der Waals surface area contributed by atoms with Crippen molar-refractivity contribution in [3.63, 3.8) is 0 Å². The third-order valence-electron chi connectivity index (χ3n) is 9.12. The van der Waals surface area contributed by atoms with Crippen molar-refractivity contribution < 1.29 is 9.47 Å². The average Bonchev–Trinajstić information content (AvgIpc) is 2.95. The van der Waals surface area contributed by atoms with Crippen molar-refractivity contribution in [1.29, 1.82) is 0 Å². The molecule has 254 valence electrons. The zero-order chi connectivity index (χ0) is 30.0. The predicted molar refractivity (Wildman–Crippen MR) is 189 cm³/mol. The van der Waals surface area contributed by atoms with Gasteiger partial charge in [0.15, 0.2) is 0 Å². The normalized spacial score (nSPS) is 19.6. The van der Waals surface area contributed by atoms with Gasteiger partial charge in [-0.1, -0.05) is 117 Å². The first kappa shape index (κ1) is 42.2. The lowest BCUT2D eigenvalue weighted by Crippen LogP contribution is -2.68. The first-order valence-electron chi connectivity index (χ1n) is 18.1. The van der Waals surface area contributed by atoms with Gasteiger partial charge in [-0.05, 0) is 46.2 Å². The quantitative estimate of drug-likeness (QED) is 0.0783. The lowest BCUT2D eigenvalue weighted by molar-refractivity contribution is -0.0511. The van der Waals surface area contributed by atoms with Crippen LogP contribution in [0.1, 0.15) is 156 Å². The van der Waals surface area contributed by atoms with Crippen molar-refractivity contribution in [2.24, 2.45) is 11.5 Å². The molecule has 1 fully saturated rings. The Labute approximate surface area is 273 Å². The van der Waals surface area contributed by atoms with Crippen molar-refractivity contribution in [3.8, 4) is 0 Å². The number of hydrogen-bond acceptors (Lipinski definition) is 6. The molecule has 0 aromatic heterocycles. The van der Waals surface area contributed by atoms with Gasteiger partial charge in [-0.25, -0.2) is 0 Å². The molecule has 4 N–H and O–H groups in total. The Bertz CT molecular complexity index is 573. The summed E-state index contributed by atoms with van der Waals surface area (Å²) >= 11 is 0. The number of nitrogens with two attached hydrogens (primary N) is 2. The van der Waals surface area contributed by atoms with Crippen LogP contribution in [0.3, 0.4) is 0 Å². The largest absolute Gasteiger partial charge is 0.378 e. The van der Waals surface area contributed by atoms with Gasteiger partial charge in [0.25, 0.3) is 0 Å². The summed E-state index contributed by atoms with van der Waals surface area (Å²) in [7, 11) is 0. The molecule has 1 heterocycles. The minimum absolute atomic E-state index is 0. The second kappa shape index (κ2) is 28.7. The van der Waals surface area contributed by atoms with E-state index in [0.29, 0.717) is 12.2 Å². The molecular formula is C35H75BrN4O2. The zero-order valence-corrected chi connectivity index (χ0v) is 30.4. The highest BCUT2D eigenvalue weighted by molar-refractivity contribution is 8.93. The van der Waals surface area contributed by atoms with Crippen LogP contribution in [0.4, 0.5) is 0 Å². The van der Waals surface area contributed by atoms with Crippen LogP contribution in [0.2, 0.25) is 0 Å². The highest BCUT2D eigenvalue weighted by atomic mass is 79.9. The van der Waals surface area contributed by atoms with Crippen LogP contribution >= 0.6 is 17.0 Å². The van der Waals surface area contributed by atoms with E-state index in [-0.39, 0.29) is 22.6 Å². The van der Waals surface area contributed by atoms with Crippen molar-refractivity contribution in [1.82, 2.24) is 9.80 Å². The monoisotopic (exact) mass is 663 g/mol. The smallest absolute Gasteiger partial charge is 0.0841 e. The fourth-order valence-corrected chi connectivity index (χ4v) is 6.23. The maximum atomic E-state index is 7.13. The third-order valence-corrected chi connectivity index (χ3v) is 9.12. The molecule has 1 aliphatic heterocycles. The van der Waals surface area contributed by atoms with Gasteiger partial charge in [0.2, 0.25) is 0 Å². The van der Waals surface area contributed by atoms with Crippen LogP contribution in [0, 0.1) is 0 Å². The highest BCUT2D eigenvalue weighted by Gasteiger charge is 2.37. The summed E-state index contributed by atoms with van der Waals surface area (Å²) in [4.78, 5) is 4.97. The molecular weight excluding hydrogens is 588 g/mol. The molecule has 0 saturated carbocycles. The summed E-state index contributed by atoms with van der Waals surface area (Å²) in [6, 6.07) is 0. The molecule has 1 aliphatic rings. The van der Waals surface area contributed by atoms with Gasteiger partial charge in [-0.15, -0.1) is 17.0 Å². The van der Waals surface area contributed by atoms with Crippen LogP contribution in [0.15, 0.2) is 0 Å². The molecule has 0 amide bonds. The van der Waals surface area contributed by atoms with E-state index in [1.165, 1.54) is 109 Å². The maximum absolute atomic E-state index is 7.13. The molecule has 1 rings (SSSR count). The summed E-state index contributed by atoms with van der Waals surface area (Å²) in [6.45, 7) is 16.1. The Morgan fingerprint density at radius 2 is 1.12 bits per heavy atom. The molecule has 42 heavy (non-hydrogen) atoms. The van der Waals surface area contributed by atoms with E-state index in [2.05, 4.69) is 37.5 Å². The van der Waals surface area contributed by atoms with Gasteiger partial charge in [0.1, 0.15) is 0 Å². The van der Waals surface area contributed by atoms with Crippen molar-refractivity contribution in [2.75, 3.05) is 52.5 Å². The Hall–Kier alpha value is 0.240. The molecule has 6 nitrogen and oxygen atoms in total. The summed E-state index contributed by atoms with van der Waals surface area (Å²) in [5, 5.41) is 0. The van der Waals surface area contributed by atoms with E-state index in [4.69, 9.17) is 20.9 Å². The minimum atomic E-state index is -0.366. The maximum Gasteiger partial charge on any atom is 0.0841 e. The van der Waals surface area contributed by atoms with Gasteiger partial charge < -0.3 is 20.9 Å². The number of hydrogen-bond donors (Lipinski definition) is 2. The number of nitrogens with zero attached hydrogens (tertiary/aromatic N) is 2. The molecule has 0 spiro atoms. The molecule has 0 radical (unpaired) electrons. The number of piperazine rings is 1. The van der Waals surface area contributed by atoms with E-state index in [1.807, 2.05) is 0 Å². The van der Waals surface area contributed by atoms with Crippen molar-refractivity contribution in [3.05, 3.63) is 0 Å². The Morgan fingerprint density at radius 3 is 1.62 bits per heavy atom. The van der Waals surface area contributed by atoms with E-state index < -0.39 is 0 Å². The minimum Gasteiger partial charge on any atom is -0.378 e. The van der Waals surface area contributed by atoms with E-state index in [1.54, 1.807) is 0 Å². The van der Waals surface area contributed by atoms with Crippen LogP contribution in [-0.4, -0.2) is 80.2 Å². The van der Waals surface area contributed by atoms with Crippen LogP contribution in [0.5, 0.6) is 0 Å². The van der Waals surface area contributed by atoms with Crippen molar-refractivity contribution >= 4 is 17.0 Å². The number of halogens is 1. The molecule has 0 aliphatic carbocycles. The Morgan fingerprint density at radius 1 is 0.643 bits per heavy atom. The standard InChI is InChI=1S/C35H74N4O2.BrH/c1-5-7-9-11-13-15-17-19-22-33(3)40-30-24-35(37)32-38(26-21-25-36)27-28-39(35)29-31-41-34(4)23-20-18-16-14-12-10-8-6-2;/h33-34H,5-32,36-37H2,1-4H3;1H. The fourth-order valence-electron chi connectivity index (χ4n) is 6.23. The molecule has 3 atom stereocenters. The first-order valence-corrected chi connectivity index (χ1v) is 18.1. The van der Waals surface area contributed by atoms with Gasteiger partial charge in [0.05, 0.1) is 31.1 Å². The molecule has 7 heteroatoms. The molecule has 3 unspecified atom stereocenters. The highest BCUT2D eigenvalue weighted by Crippen LogP contribution is 2.22. The second-order valence-electron chi connectivity index (χ2n) is 13.1. The summed E-state index contributed by atoms with van der Waals surface area (Å²) < 4.78 is 12.6. The van der Waals surface area contributed by atoms with Crippen LogP contribution < -0.4 is 11.5 Å². The van der Waals surface area contributed by atoms with E-state index in [0.717, 1.165) is 71.7 Å². The van der Waals surface area contributed by atoms with E-state index >= 15 is 0 Å².